The predicted molar refractivity (Wildman–Crippen MR) is 120 cm³/mol. The standard InChI is InChI=1S/C23H26FN5OS/c1-28-21(17-5-8-20(30)25-14-17)26-27-22(28)31-12-2-10-29-11-9-23(15-29)13-19(23)16-3-6-18(24)7-4-16/h3-8,14,19H,2,9-13,15H2,1H3,(H,25,30). The third-order valence-electron chi connectivity index (χ3n) is 6.65. The molecule has 31 heavy (non-hydrogen) atoms. The van der Waals surface area contributed by atoms with Crippen LogP contribution >= 0.6 is 11.8 Å². The molecule has 1 saturated heterocycles. The van der Waals surface area contributed by atoms with E-state index in [0.717, 1.165) is 48.4 Å². The van der Waals surface area contributed by atoms with Gasteiger partial charge in [0, 0.05) is 37.2 Å². The second kappa shape index (κ2) is 8.24. The summed E-state index contributed by atoms with van der Waals surface area (Å²) < 4.78 is 15.2. The van der Waals surface area contributed by atoms with Crippen molar-refractivity contribution in [3.05, 3.63) is 64.3 Å². The van der Waals surface area contributed by atoms with Gasteiger partial charge in [-0.3, -0.25) is 4.79 Å². The third-order valence-corrected chi connectivity index (χ3v) is 7.76. The smallest absolute Gasteiger partial charge is 0.247 e. The molecule has 8 heteroatoms. The van der Waals surface area contributed by atoms with Crippen molar-refractivity contribution in [1.82, 2.24) is 24.6 Å². The van der Waals surface area contributed by atoms with Gasteiger partial charge in [0.05, 0.1) is 0 Å². The number of likely N-dealkylation sites (tertiary alicyclic amines) is 1. The average Bonchev–Trinajstić information content (AvgIpc) is 3.11. The summed E-state index contributed by atoms with van der Waals surface area (Å²) in [5, 5.41) is 9.47. The maximum Gasteiger partial charge on any atom is 0.247 e. The largest absolute Gasteiger partial charge is 0.328 e. The van der Waals surface area contributed by atoms with E-state index in [-0.39, 0.29) is 11.4 Å². The number of thioether (sulfide) groups is 1. The molecular weight excluding hydrogens is 413 g/mol. The quantitative estimate of drug-likeness (QED) is 0.449. The number of nitrogens with zero attached hydrogens (tertiary/aromatic N) is 4. The highest BCUT2D eigenvalue weighted by Crippen LogP contribution is 2.64. The topological polar surface area (TPSA) is 66.8 Å². The Morgan fingerprint density at radius 3 is 2.84 bits per heavy atom. The number of aromatic nitrogens is 4. The Hall–Kier alpha value is -2.45. The first kappa shape index (κ1) is 20.5. The molecule has 1 aliphatic heterocycles. The molecule has 1 aromatic carbocycles. The van der Waals surface area contributed by atoms with E-state index in [0.29, 0.717) is 11.3 Å². The highest BCUT2D eigenvalue weighted by molar-refractivity contribution is 7.99. The maximum atomic E-state index is 13.2. The van der Waals surface area contributed by atoms with Crippen molar-refractivity contribution >= 4 is 11.8 Å². The summed E-state index contributed by atoms with van der Waals surface area (Å²) >= 11 is 1.72. The molecule has 0 bridgehead atoms. The first-order chi connectivity index (χ1) is 15.0. The zero-order valence-electron chi connectivity index (χ0n) is 17.6. The van der Waals surface area contributed by atoms with Crippen molar-refractivity contribution in [3.63, 3.8) is 0 Å². The lowest BCUT2D eigenvalue weighted by atomic mass is 9.98. The number of hydrogen-bond donors (Lipinski definition) is 1. The van der Waals surface area contributed by atoms with Crippen LogP contribution in [-0.2, 0) is 7.05 Å². The lowest BCUT2D eigenvalue weighted by Crippen LogP contribution is -2.23. The third kappa shape index (κ3) is 4.19. The van der Waals surface area contributed by atoms with Gasteiger partial charge in [-0.2, -0.15) is 0 Å². The first-order valence-corrected chi connectivity index (χ1v) is 11.7. The number of halogens is 1. The molecule has 2 fully saturated rings. The number of H-pyrrole nitrogens is 1. The molecule has 1 spiro atoms. The van der Waals surface area contributed by atoms with Gasteiger partial charge in [0.1, 0.15) is 5.82 Å². The predicted octanol–water partition coefficient (Wildman–Crippen LogP) is 3.67. The summed E-state index contributed by atoms with van der Waals surface area (Å²) in [5.74, 6) is 2.18. The van der Waals surface area contributed by atoms with Crippen LogP contribution in [0.15, 0.2) is 52.5 Å². The van der Waals surface area contributed by atoms with Gasteiger partial charge in [0.2, 0.25) is 5.56 Å². The van der Waals surface area contributed by atoms with Crippen molar-refractivity contribution in [2.45, 2.75) is 30.3 Å². The van der Waals surface area contributed by atoms with Crippen LogP contribution in [0.2, 0.25) is 0 Å². The van der Waals surface area contributed by atoms with Gasteiger partial charge in [-0.15, -0.1) is 10.2 Å². The summed E-state index contributed by atoms with van der Waals surface area (Å²) in [6.07, 6.45) is 5.24. The number of hydrogen-bond acceptors (Lipinski definition) is 5. The van der Waals surface area contributed by atoms with Crippen LogP contribution in [0.25, 0.3) is 11.4 Å². The highest BCUT2D eigenvalue weighted by Gasteiger charge is 2.57. The summed E-state index contributed by atoms with van der Waals surface area (Å²) in [4.78, 5) is 16.5. The molecule has 1 aliphatic carbocycles. The molecule has 2 aliphatic rings. The Morgan fingerprint density at radius 2 is 2.06 bits per heavy atom. The van der Waals surface area contributed by atoms with E-state index in [9.17, 15) is 9.18 Å². The van der Waals surface area contributed by atoms with E-state index < -0.39 is 0 Å². The van der Waals surface area contributed by atoms with E-state index in [1.165, 1.54) is 24.5 Å². The molecule has 2 unspecified atom stereocenters. The second-order valence-electron chi connectivity index (χ2n) is 8.71. The molecule has 0 amide bonds. The zero-order valence-corrected chi connectivity index (χ0v) is 18.4. The van der Waals surface area contributed by atoms with Crippen LogP contribution < -0.4 is 5.56 Å². The summed E-state index contributed by atoms with van der Waals surface area (Å²) in [5.41, 5.74) is 2.43. The summed E-state index contributed by atoms with van der Waals surface area (Å²) in [7, 11) is 1.95. The first-order valence-electron chi connectivity index (χ1n) is 10.7. The molecule has 2 atom stereocenters. The van der Waals surface area contributed by atoms with Gasteiger partial charge >= 0.3 is 0 Å². The van der Waals surface area contributed by atoms with Gasteiger partial charge in [0.15, 0.2) is 11.0 Å². The van der Waals surface area contributed by atoms with E-state index in [1.54, 1.807) is 36.2 Å². The highest BCUT2D eigenvalue weighted by atomic mass is 32.2. The van der Waals surface area contributed by atoms with Gasteiger partial charge in [-0.25, -0.2) is 4.39 Å². The van der Waals surface area contributed by atoms with Crippen molar-refractivity contribution in [3.8, 4) is 11.4 Å². The monoisotopic (exact) mass is 439 g/mol. The fraction of sp³-hybridized carbons (Fsp3) is 0.435. The molecule has 162 valence electrons. The molecule has 1 N–H and O–H groups in total. The number of nitrogens with one attached hydrogen (secondary N) is 1. The second-order valence-corrected chi connectivity index (χ2v) is 9.77. The summed E-state index contributed by atoms with van der Waals surface area (Å²) in [6.45, 7) is 3.40. The molecular formula is C23H26FN5OS. The van der Waals surface area contributed by atoms with E-state index in [1.807, 2.05) is 23.7 Å². The van der Waals surface area contributed by atoms with Crippen LogP contribution in [0.1, 0.15) is 30.7 Å². The Kier molecular flexibility index (Phi) is 5.44. The van der Waals surface area contributed by atoms with E-state index in [2.05, 4.69) is 20.1 Å². The van der Waals surface area contributed by atoms with Crippen molar-refractivity contribution < 1.29 is 4.39 Å². The number of aromatic amines is 1. The molecule has 3 heterocycles. The SMILES string of the molecule is Cn1c(SCCCN2CCC3(CC3c3ccc(F)cc3)C2)nnc1-c1ccc(=O)[nH]c1. The minimum atomic E-state index is -0.155. The summed E-state index contributed by atoms with van der Waals surface area (Å²) in [6, 6.07) is 10.3. The van der Waals surface area contributed by atoms with Crippen LogP contribution in [0.4, 0.5) is 4.39 Å². The molecule has 0 radical (unpaired) electrons. The fourth-order valence-corrected chi connectivity index (χ4v) is 5.67. The van der Waals surface area contributed by atoms with Gasteiger partial charge in [0.25, 0.3) is 0 Å². The Balaban J connectivity index is 1.09. The Bertz CT molecular complexity index is 1110. The zero-order chi connectivity index (χ0) is 21.4. The lowest BCUT2D eigenvalue weighted by Gasteiger charge is -2.16. The van der Waals surface area contributed by atoms with Gasteiger partial charge in [-0.05, 0) is 67.4 Å². The lowest BCUT2D eigenvalue weighted by molar-refractivity contribution is 0.319. The minimum Gasteiger partial charge on any atom is -0.328 e. The number of benzene rings is 1. The molecule has 6 nitrogen and oxygen atoms in total. The van der Waals surface area contributed by atoms with Crippen LogP contribution in [-0.4, -0.2) is 50.0 Å². The average molecular weight is 440 g/mol. The van der Waals surface area contributed by atoms with Crippen molar-refractivity contribution in [2.75, 3.05) is 25.4 Å². The van der Waals surface area contributed by atoms with Crippen LogP contribution in [0.5, 0.6) is 0 Å². The molecule has 3 aromatic rings. The maximum absolute atomic E-state index is 13.2. The number of pyridine rings is 1. The van der Waals surface area contributed by atoms with Crippen LogP contribution in [0, 0.1) is 11.2 Å². The van der Waals surface area contributed by atoms with E-state index in [4.69, 9.17) is 0 Å². The van der Waals surface area contributed by atoms with Crippen molar-refractivity contribution in [1.29, 1.82) is 0 Å². The fourth-order valence-electron chi connectivity index (χ4n) is 4.83. The molecule has 5 rings (SSSR count). The van der Waals surface area contributed by atoms with E-state index >= 15 is 0 Å². The Labute approximate surface area is 184 Å². The number of rotatable bonds is 7. The molecule has 2 aromatic heterocycles. The van der Waals surface area contributed by atoms with Crippen LogP contribution in [0.3, 0.4) is 0 Å². The van der Waals surface area contributed by atoms with Gasteiger partial charge in [-0.1, -0.05) is 23.9 Å². The molecule has 1 saturated carbocycles. The minimum absolute atomic E-state index is 0.126. The Morgan fingerprint density at radius 1 is 1.23 bits per heavy atom. The normalized spacial score (nSPS) is 23.0. The van der Waals surface area contributed by atoms with Gasteiger partial charge < -0.3 is 14.5 Å². The van der Waals surface area contributed by atoms with Crippen molar-refractivity contribution in [2.24, 2.45) is 12.5 Å².